The molecule has 0 saturated heterocycles. The van der Waals surface area contributed by atoms with Gasteiger partial charge in [0, 0.05) is 0 Å². The van der Waals surface area contributed by atoms with Crippen LogP contribution >= 0.6 is 0 Å². The molecule has 0 aliphatic carbocycles. The van der Waals surface area contributed by atoms with Gasteiger partial charge in [0.2, 0.25) is 0 Å². The number of methoxy groups -OCH3 is 1. The van der Waals surface area contributed by atoms with Crippen molar-refractivity contribution >= 4 is 5.97 Å². The zero-order chi connectivity index (χ0) is 16.8. The average Bonchev–Trinajstić information content (AvgIpc) is 3.10. The average molecular weight is 324 g/mol. The van der Waals surface area contributed by atoms with Gasteiger partial charge in [-0.1, -0.05) is 30.3 Å². The van der Waals surface area contributed by atoms with Gasteiger partial charge in [-0.3, -0.25) is 4.79 Å². The van der Waals surface area contributed by atoms with Crippen molar-refractivity contribution in [2.45, 2.75) is 13.0 Å². The lowest BCUT2D eigenvalue weighted by Crippen LogP contribution is -2.11. The third-order valence-electron chi connectivity index (χ3n) is 3.40. The van der Waals surface area contributed by atoms with E-state index in [1.807, 2.05) is 42.5 Å². The summed E-state index contributed by atoms with van der Waals surface area (Å²) in [6.07, 6.45) is 0.177. The predicted octanol–water partition coefficient (Wildman–Crippen LogP) is 1.96. The Morgan fingerprint density at radius 1 is 1.08 bits per heavy atom. The summed E-state index contributed by atoms with van der Waals surface area (Å²) in [5.41, 5.74) is 1.66. The van der Waals surface area contributed by atoms with Gasteiger partial charge < -0.3 is 9.47 Å². The minimum atomic E-state index is -0.345. The van der Waals surface area contributed by atoms with Gasteiger partial charge in [-0.15, -0.1) is 5.10 Å². The van der Waals surface area contributed by atoms with Gasteiger partial charge in [0.1, 0.15) is 5.75 Å². The second kappa shape index (κ2) is 7.36. The number of carbonyl (C=O) groups is 1. The zero-order valence-electron chi connectivity index (χ0n) is 13.1. The highest BCUT2D eigenvalue weighted by Crippen LogP contribution is 2.12. The number of nitrogens with zero attached hydrogens (tertiary/aromatic N) is 4. The Kier molecular flexibility index (Phi) is 4.81. The molecule has 2 aromatic carbocycles. The van der Waals surface area contributed by atoms with E-state index in [1.54, 1.807) is 23.9 Å². The molecule has 7 nitrogen and oxygen atoms in total. The number of hydrogen-bond donors (Lipinski definition) is 0. The monoisotopic (exact) mass is 324 g/mol. The molecule has 0 fully saturated rings. The topological polar surface area (TPSA) is 79.1 Å². The molecule has 3 rings (SSSR count). The van der Waals surface area contributed by atoms with Gasteiger partial charge in [0.15, 0.2) is 12.4 Å². The van der Waals surface area contributed by atoms with Crippen LogP contribution in [0.1, 0.15) is 11.4 Å². The van der Waals surface area contributed by atoms with Crippen LogP contribution in [-0.4, -0.2) is 33.3 Å². The number of hydrogen-bond acceptors (Lipinski definition) is 6. The first kappa shape index (κ1) is 15.7. The molecular formula is C17H16N4O3. The number of esters is 1. The van der Waals surface area contributed by atoms with E-state index >= 15 is 0 Å². The number of carbonyl (C=O) groups excluding carboxylic acids is 1. The maximum absolute atomic E-state index is 12.0. The molecule has 1 aromatic heterocycles. The van der Waals surface area contributed by atoms with Crippen molar-refractivity contribution in [1.82, 2.24) is 20.2 Å². The van der Waals surface area contributed by atoms with Gasteiger partial charge >= 0.3 is 5.97 Å². The van der Waals surface area contributed by atoms with Gasteiger partial charge in [-0.2, -0.15) is 4.68 Å². The van der Waals surface area contributed by atoms with Gasteiger partial charge in [0.25, 0.3) is 0 Å². The smallest absolute Gasteiger partial charge is 0.310 e. The lowest BCUT2D eigenvalue weighted by Gasteiger charge is -2.06. The Morgan fingerprint density at radius 2 is 1.83 bits per heavy atom. The molecule has 0 amide bonds. The van der Waals surface area contributed by atoms with Crippen molar-refractivity contribution in [3.8, 4) is 11.4 Å². The molecule has 0 spiro atoms. The summed E-state index contributed by atoms with van der Waals surface area (Å²) in [4.78, 5) is 12.0. The second-order valence-electron chi connectivity index (χ2n) is 5.03. The molecule has 0 radical (unpaired) electrons. The SMILES string of the molecule is COc1ccc(CC(=O)OCc2nnnn2-c2ccccc2)cc1. The Hall–Kier alpha value is -3.22. The second-order valence-corrected chi connectivity index (χ2v) is 5.03. The van der Waals surface area contributed by atoms with Crippen molar-refractivity contribution in [2.75, 3.05) is 7.11 Å². The summed E-state index contributed by atoms with van der Waals surface area (Å²) in [5, 5.41) is 11.5. The lowest BCUT2D eigenvalue weighted by molar-refractivity contribution is -0.144. The van der Waals surface area contributed by atoms with Gasteiger partial charge in [-0.25, -0.2) is 0 Å². The summed E-state index contributed by atoms with van der Waals surface area (Å²) in [5.74, 6) is 0.862. The van der Waals surface area contributed by atoms with E-state index in [-0.39, 0.29) is 19.0 Å². The Bertz CT molecular complexity index is 800. The summed E-state index contributed by atoms with van der Waals surface area (Å²) in [6, 6.07) is 16.7. The summed E-state index contributed by atoms with van der Waals surface area (Å²) in [6.45, 7) is 0.0108. The van der Waals surface area contributed by atoms with E-state index < -0.39 is 0 Å². The van der Waals surface area contributed by atoms with Crippen LogP contribution in [0.25, 0.3) is 5.69 Å². The van der Waals surface area contributed by atoms with Crippen LogP contribution in [0, 0.1) is 0 Å². The molecular weight excluding hydrogens is 308 g/mol. The fourth-order valence-electron chi connectivity index (χ4n) is 2.17. The quantitative estimate of drug-likeness (QED) is 0.645. The molecule has 0 bridgehead atoms. The van der Waals surface area contributed by atoms with Crippen molar-refractivity contribution in [3.05, 3.63) is 66.0 Å². The van der Waals surface area contributed by atoms with E-state index in [2.05, 4.69) is 15.5 Å². The Labute approximate surface area is 138 Å². The molecule has 0 atom stereocenters. The third-order valence-corrected chi connectivity index (χ3v) is 3.40. The fraction of sp³-hybridized carbons (Fsp3) is 0.176. The van der Waals surface area contributed by atoms with Crippen molar-refractivity contribution < 1.29 is 14.3 Å². The largest absolute Gasteiger partial charge is 0.497 e. The summed E-state index contributed by atoms with van der Waals surface area (Å²) < 4.78 is 11.9. The summed E-state index contributed by atoms with van der Waals surface area (Å²) in [7, 11) is 1.60. The molecule has 24 heavy (non-hydrogen) atoms. The number of benzene rings is 2. The van der Waals surface area contributed by atoms with Crippen LogP contribution in [0.3, 0.4) is 0 Å². The van der Waals surface area contributed by atoms with E-state index in [4.69, 9.17) is 9.47 Å². The number of ether oxygens (including phenoxy) is 2. The minimum absolute atomic E-state index is 0.0108. The maximum Gasteiger partial charge on any atom is 0.310 e. The molecule has 3 aromatic rings. The normalized spacial score (nSPS) is 10.4. The zero-order valence-corrected chi connectivity index (χ0v) is 13.1. The van der Waals surface area contributed by atoms with E-state index in [1.165, 1.54) is 0 Å². The Balaban J connectivity index is 1.60. The first-order valence-electron chi connectivity index (χ1n) is 7.37. The maximum atomic E-state index is 12.0. The molecule has 7 heteroatoms. The van der Waals surface area contributed by atoms with E-state index in [9.17, 15) is 4.79 Å². The number of para-hydroxylation sites is 1. The fourth-order valence-corrected chi connectivity index (χ4v) is 2.17. The highest BCUT2D eigenvalue weighted by molar-refractivity contribution is 5.72. The molecule has 1 heterocycles. The molecule has 0 aliphatic rings. The summed E-state index contributed by atoms with van der Waals surface area (Å²) >= 11 is 0. The van der Waals surface area contributed by atoms with Crippen LogP contribution in [0.15, 0.2) is 54.6 Å². The predicted molar refractivity (Wildman–Crippen MR) is 85.6 cm³/mol. The first-order valence-corrected chi connectivity index (χ1v) is 7.37. The number of rotatable bonds is 6. The molecule has 0 saturated carbocycles. The van der Waals surface area contributed by atoms with Gasteiger partial charge in [0.05, 0.1) is 19.2 Å². The van der Waals surface area contributed by atoms with E-state index in [0.717, 1.165) is 17.0 Å². The lowest BCUT2D eigenvalue weighted by atomic mass is 10.1. The molecule has 0 unspecified atom stereocenters. The first-order chi connectivity index (χ1) is 11.8. The highest BCUT2D eigenvalue weighted by atomic mass is 16.5. The third kappa shape index (κ3) is 3.75. The van der Waals surface area contributed by atoms with Crippen LogP contribution in [0.4, 0.5) is 0 Å². The van der Waals surface area contributed by atoms with E-state index in [0.29, 0.717) is 5.82 Å². The minimum Gasteiger partial charge on any atom is -0.497 e. The van der Waals surface area contributed by atoms with Gasteiger partial charge in [-0.05, 0) is 40.3 Å². The van der Waals surface area contributed by atoms with Crippen molar-refractivity contribution in [3.63, 3.8) is 0 Å². The van der Waals surface area contributed by atoms with Crippen LogP contribution in [-0.2, 0) is 22.6 Å². The number of aromatic nitrogens is 4. The van der Waals surface area contributed by atoms with Crippen LogP contribution < -0.4 is 4.74 Å². The van der Waals surface area contributed by atoms with Crippen LogP contribution in [0.2, 0.25) is 0 Å². The number of tetrazole rings is 1. The molecule has 122 valence electrons. The van der Waals surface area contributed by atoms with Crippen LogP contribution in [0.5, 0.6) is 5.75 Å². The molecule has 0 N–H and O–H groups in total. The highest BCUT2D eigenvalue weighted by Gasteiger charge is 2.11. The van der Waals surface area contributed by atoms with Crippen molar-refractivity contribution in [2.24, 2.45) is 0 Å². The molecule has 0 aliphatic heterocycles. The van der Waals surface area contributed by atoms with Crippen molar-refractivity contribution in [1.29, 1.82) is 0 Å². The Morgan fingerprint density at radius 3 is 2.54 bits per heavy atom. The standard InChI is InChI=1S/C17H16N4O3/c1-23-15-9-7-13(8-10-15)11-17(22)24-12-16-18-19-20-21(16)14-5-3-2-4-6-14/h2-10H,11-12H2,1H3.